The van der Waals surface area contributed by atoms with Crippen LogP contribution in [0.2, 0.25) is 0 Å². The first-order chi connectivity index (χ1) is 11.7. The van der Waals surface area contributed by atoms with Crippen molar-refractivity contribution in [3.8, 4) is 17.2 Å². The van der Waals surface area contributed by atoms with Crippen molar-refractivity contribution in [3.63, 3.8) is 0 Å². The van der Waals surface area contributed by atoms with Crippen molar-refractivity contribution in [2.75, 3.05) is 26.6 Å². The molecular formula is C17H19N3O3S. The second kappa shape index (κ2) is 8.73. The molecule has 2 rings (SSSR count). The van der Waals surface area contributed by atoms with E-state index in [4.69, 9.17) is 26.4 Å². The Labute approximate surface area is 146 Å². The molecule has 0 aliphatic carbocycles. The molecule has 126 valence electrons. The van der Waals surface area contributed by atoms with Gasteiger partial charge in [0.1, 0.15) is 17.2 Å². The number of anilines is 1. The Balaban J connectivity index is 1.96. The molecule has 0 unspecified atom stereocenters. The number of hydrazone groups is 1. The smallest absolute Gasteiger partial charge is 0.191 e. The largest absolute Gasteiger partial charge is 0.497 e. The van der Waals surface area contributed by atoms with Crippen LogP contribution >= 0.6 is 12.2 Å². The van der Waals surface area contributed by atoms with Crippen LogP contribution in [-0.4, -0.2) is 32.7 Å². The summed E-state index contributed by atoms with van der Waals surface area (Å²) in [5.41, 5.74) is 4.37. The van der Waals surface area contributed by atoms with Crippen molar-refractivity contribution < 1.29 is 14.2 Å². The molecule has 0 saturated carbocycles. The quantitative estimate of drug-likeness (QED) is 0.477. The van der Waals surface area contributed by atoms with Crippen molar-refractivity contribution in [1.82, 2.24) is 5.43 Å². The normalized spacial score (nSPS) is 10.3. The Morgan fingerprint density at radius 2 is 1.62 bits per heavy atom. The summed E-state index contributed by atoms with van der Waals surface area (Å²) in [5.74, 6) is 2.19. The minimum absolute atomic E-state index is 0.373. The van der Waals surface area contributed by atoms with Crippen molar-refractivity contribution in [1.29, 1.82) is 0 Å². The van der Waals surface area contributed by atoms with Crippen LogP contribution in [-0.2, 0) is 0 Å². The molecule has 0 amide bonds. The van der Waals surface area contributed by atoms with Crippen molar-refractivity contribution in [2.24, 2.45) is 5.10 Å². The summed E-state index contributed by atoms with van der Waals surface area (Å²) in [4.78, 5) is 0. The van der Waals surface area contributed by atoms with Crippen LogP contribution in [0.5, 0.6) is 17.2 Å². The highest BCUT2D eigenvalue weighted by atomic mass is 32.1. The molecule has 0 fully saturated rings. The lowest BCUT2D eigenvalue weighted by Gasteiger charge is -2.09. The predicted molar refractivity (Wildman–Crippen MR) is 99.5 cm³/mol. The minimum atomic E-state index is 0.373. The Kier molecular flexibility index (Phi) is 6.39. The topological polar surface area (TPSA) is 64.1 Å². The van der Waals surface area contributed by atoms with Gasteiger partial charge in [0.2, 0.25) is 0 Å². The molecule has 0 bridgehead atoms. The second-order valence-electron chi connectivity index (χ2n) is 4.66. The fraction of sp³-hybridized carbons (Fsp3) is 0.176. The SMILES string of the molecule is COc1ccc(NC(=S)N/N=C/c2cc(OC)ccc2OC)cc1. The number of thiocarbonyl (C=S) groups is 1. The van der Waals surface area contributed by atoms with Crippen molar-refractivity contribution >= 4 is 29.2 Å². The van der Waals surface area contributed by atoms with Gasteiger partial charge in [-0.25, -0.2) is 0 Å². The highest BCUT2D eigenvalue weighted by molar-refractivity contribution is 7.80. The molecule has 0 heterocycles. The predicted octanol–water partition coefficient (Wildman–Crippen LogP) is 3.03. The third kappa shape index (κ3) is 4.85. The van der Waals surface area contributed by atoms with E-state index in [1.54, 1.807) is 27.5 Å². The van der Waals surface area contributed by atoms with Crippen molar-refractivity contribution in [3.05, 3.63) is 48.0 Å². The van der Waals surface area contributed by atoms with E-state index in [1.807, 2.05) is 42.5 Å². The number of hydrogen-bond donors (Lipinski definition) is 2. The number of benzene rings is 2. The van der Waals surface area contributed by atoms with Gasteiger partial charge in [-0.3, -0.25) is 5.43 Å². The summed E-state index contributed by atoms with van der Waals surface area (Å²) in [6.45, 7) is 0. The molecule has 0 spiro atoms. The fourth-order valence-electron chi connectivity index (χ4n) is 1.93. The van der Waals surface area contributed by atoms with Crippen LogP contribution in [0.25, 0.3) is 0 Å². The maximum Gasteiger partial charge on any atom is 0.191 e. The summed E-state index contributed by atoms with van der Waals surface area (Å²) < 4.78 is 15.6. The van der Waals surface area contributed by atoms with Crippen LogP contribution in [0.4, 0.5) is 5.69 Å². The van der Waals surface area contributed by atoms with E-state index >= 15 is 0 Å². The minimum Gasteiger partial charge on any atom is -0.497 e. The molecule has 0 aromatic heterocycles. The summed E-state index contributed by atoms with van der Waals surface area (Å²) in [6.07, 6.45) is 1.61. The lowest BCUT2D eigenvalue weighted by Crippen LogP contribution is -2.23. The van der Waals surface area contributed by atoms with Crippen LogP contribution in [0.3, 0.4) is 0 Å². The van der Waals surface area contributed by atoms with Crippen molar-refractivity contribution in [2.45, 2.75) is 0 Å². The summed E-state index contributed by atoms with van der Waals surface area (Å²) in [5, 5.41) is 7.52. The zero-order chi connectivity index (χ0) is 17.4. The molecule has 0 radical (unpaired) electrons. The summed E-state index contributed by atoms with van der Waals surface area (Å²) >= 11 is 5.20. The van der Waals surface area contributed by atoms with E-state index in [0.29, 0.717) is 10.9 Å². The van der Waals surface area contributed by atoms with E-state index in [1.165, 1.54) is 0 Å². The van der Waals surface area contributed by atoms with E-state index in [2.05, 4.69) is 15.8 Å². The van der Waals surface area contributed by atoms with E-state index in [-0.39, 0.29) is 0 Å². The zero-order valence-corrected chi connectivity index (χ0v) is 14.5. The number of nitrogens with one attached hydrogen (secondary N) is 2. The van der Waals surface area contributed by atoms with Gasteiger partial charge in [-0.05, 0) is 54.7 Å². The van der Waals surface area contributed by atoms with Gasteiger partial charge in [-0.15, -0.1) is 0 Å². The van der Waals surface area contributed by atoms with Crippen LogP contribution in [0.1, 0.15) is 5.56 Å². The highest BCUT2D eigenvalue weighted by Crippen LogP contribution is 2.22. The average Bonchev–Trinajstić information content (AvgIpc) is 2.62. The average molecular weight is 345 g/mol. The number of nitrogens with zero attached hydrogens (tertiary/aromatic N) is 1. The van der Waals surface area contributed by atoms with Crippen LogP contribution in [0.15, 0.2) is 47.6 Å². The zero-order valence-electron chi connectivity index (χ0n) is 13.7. The Morgan fingerprint density at radius 3 is 2.25 bits per heavy atom. The first kappa shape index (κ1) is 17.6. The number of hydrogen-bond acceptors (Lipinski definition) is 5. The van der Waals surface area contributed by atoms with Gasteiger partial charge >= 0.3 is 0 Å². The van der Waals surface area contributed by atoms with E-state index < -0.39 is 0 Å². The Bertz CT molecular complexity index is 718. The maximum atomic E-state index is 5.28. The van der Waals surface area contributed by atoms with E-state index in [0.717, 1.165) is 22.7 Å². The summed E-state index contributed by atoms with van der Waals surface area (Å²) in [7, 11) is 4.83. The molecule has 0 aliphatic heterocycles. The lowest BCUT2D eigenvalue weighted by molar-refractivity contribution is 0.402. The molecule has 0 aliphatic rings. The third-order valence-corrected chi connectivity index (χ3v) is 3.35. The standard InChI is InChI=1S/C17H19N3O3S/c1-21-14-6-4-13(5-7-14)19-17(24)20-18-11-12-10-15(22-2)8-9-16(12)23-3/h4-11H,1-3H3,(H2,19,20,24)/b18-11+. The lowest BCUT2D eigenvalue weighted by atomic mass is 10.2. The molecule has 0 saturated heterocycles. The fourth-order valence-corrected chi connectivity index (χ4v) is 2.10. The second-order valence-corrected chi connectivity index (χ2v) is 5.07. The van der Waals surface area contributed by atoms with E-state index in [9.17, 15) is 0 Å². The molecule has 2 aromatic carbocycles. The van der Waals surface area contributed by atoms with Crippen LogP contribution < -0.4 is 25.0 Å². The van der Waals surface area contributed by atoms with Gasteiger partial charge < -0.3 is 19.5 Å². The monoisotopic (exact) mass is 345 g/mol. The first-order valence-electron chi connectivity index (χ1n) is 7.12. The van der Waals surface area contributed by atoms with Gasteiger partial charge in [0, 0.05) is 11.3 Å². The highest BCUT2D eigenvalue weighted by Gasteiger charge is 2.03. The molecule has 6 nitrogen and oxygen atoms in total. The molecule has 7 heteroatoms. The molecule has 0 atom stereocenters. The Hall–Kier alpha value is -2.80. The van der Waals surface area contributed by atoms with Gasteiger partial charge in [0.25, 0.3) is 0 Å². The van der Waals surface area contributed by atoms with Gasteiger partial charge in [0.05, 0.1) is 27.5 Å². The molecule has 2 N–H and O–H groups in total. The molecule has 2 aromatic rings. The van der Waals surface area contributed by atoms with Gasteiger partial charge in [-0.1, -0.05) is 0 Å². The maximum absolute atomic E-state index is 5.28. The first-order valence-corrected chi connectivity index (χ1v) is 7.53. The number of rotatable bonds is 6. The Morgan fingerprint density at radius 1 is 0.958 bits per heavy atom. The third-order valence-electron chi connectivity index (χ3n) is 3.15. The summed E-state index contributed by atoms with van der Waals surface area (Å²) in [6, 6.07) is 12.9. The molecule has 24 heavy (non-hydrogen) atoms. The van der Waals surface area contributed by atoms with Gasteiger partial charge in [-0.2, -0.15) is 5.10 Å². The van der Waals surface area contributed by atoms with Crippen LogP contribution in [0, 0.1) is 0 Å². The molecular weight excluding hydrogens is 326 g/mol. The number of ether oxygens (including phenoxy) is 3. The number of methoxy groups -OCH3 is 3. The van der Waals surface area contributed by atoms with Gasteiger partial charge in [0.15, 0.2) is 5.11 Å².